The zero-order chi connectivity index (χ0) is 47.0. The number of allylic oxidation sites excluding steroid dienone is 9. The molecule has 380 valence electrons. The largest absolute Gasteiger partial charge is 0.394 e. The predicted octanol–water partition coefficient (Wildman–Crippen LogP) is 19.2. The lowest BCUT2D eigenvalue weighted by Crippen LogP contribution is -2.45. The summed E-state index contributed by atoms with van der Waals surface area (Å²) < 4.78 is 0. The smallest absolute Gasteiger partial charge is 0.220 e. The van der Waals surface area contributed by atoms with Gasteiger partial charge in [-0.05, 0) is 57.8 Å². The lowest BCUT2D eigenvalue weighted by molar-refractivity contribution is -0.123. The van der Waals surface area contributed by atoms with Gasteiger partial charge in [-0.15, -0.1) is 0 Å². The number of carbonyl (C=O) groups excluding carboxylic acids is 1. The van der Waals surface area contributed by atoms with Gasteiger partial charge in [-0.25, -0.2) is 0 Å². The fraction of sp³-hybridized carbons (Fsp3) is 0.820. The van der Waals surface area contributed by atoms with Crippen LogP contribution in [-0.2, 0) is 4.79 Å². The van der Waals surface area contributed by atoms with Gasteiger partial charge in [0.05, 0.1) is 18.8 Å². The van der Waals surface area contributed by atoms with Gasteiger partial charge >= 0.3 is 0 Å². The number of rotatable bonds is 53. The van der Waals surface area contributed by atoms with Crippen molar-refractivity contribution in [1.82, 2.24) is 5.32 Å². The molecule has 1 amide bonds. The molecule has 2 atom stereocenters. The third kappa shape index (κ3) is 52.9. The van der Waals surface area contributed by atoms with Crippen LogP contribution in [0.4, 0.5) is 0 Å². The van der Waals surface area contributed by atoms with Crippen LogP contribution in [0.2, 0.25) is 0 Å². The van der Waals surface area contributed by atoms with Crippen LogP contribution in [0.5, 0.6) is 0 Å². The monoisotopic (exact) mass is 908 g/mol. The Hall–Kier alpha value is -1.91. The molecule has 0 aromatic rings. The topological polar surface area (TPSA) is 69.6 Å². The van der Waals surface area contributed by atoms with E-state index in [0.29, 0.717) is 6.42 Å². The maximum Gasteiger partial charge on any atom is 0.220 e. The number of hydrogen-bond acceptors (Lipinski definition) is 3. The summed E-state index contributed by atoms with van der Waals surface area (Å²) in [5.41, 5.74) is 0. The Kier molecular flexibility index (Phi) is 54.8. The van der Waals surface area contributed by atoms with E-state index in [4.69, 9.17) is 0 Å². The van der Waals surface area contributed by atoms with Gasteiger partial charge in [-0.3, -0.25) is 4.79 Å². The van der Waals surface area contributed by atoms with E-state index in [9.17, 15) is 15.0 Å². The second kappa shape index (κ2) is 56.4. The van der Waals surface area contributed by atoms with Crippen molar-refractivity contribution in [3.05, 3.63) is 60.8 Å². The fourth-order valence-electron chi connectivity index (χ4n) is 8.88. The third-order valence-corrected chi connectivity index (χ3v) is 13.3. The van der Waals surface area contributed by atoms with Crippen LogP contribution >= 0.6 is 0 Å². The maximum atomic E-state index is 12.5. The summed E-state index contributed by atoms with van der Waals surface area (Å²) in [6.45, 7) is 4.22. The van der Waals surface area contributed by atoms with Gasteiger partial charge in [0.15, 0.2) is 0 Å². The van der Waals surface area contributed by atoms with Gasteiger partial charge < -0.3 is 15.5 Å². The zero-order valence-electron chi connectivity index (χ0n) is 43.8. The van der Waals surface area contributed by atoms with Crippen molar-refractivity contribution in [2.24, 2.45) is 0 Å². The Bertz CT molecular complexity index is 1070. The molecule has 0 radical (unpaired) electrons. The summed E-state index contributed by atoms with van der Waals surface area (Å²) in [4.78, 5) is 12.5. The van der Waals surface area contributed by atoms with Crippen molar-refractivity contribution in [2.45, 2.75) is 315 Å². The molecular weight excluding hydrogens is 795 g/mol. The number of aliphatic hydroxyl groups is 2. The summed E-state index contributed by atoms with van der Waals surface area (Å²) in [5, 5.41) is 23.2. The van der Waals surface area contributed by atoms with Crippen molar-refractivity contribution in [2.75, 3.05) is 6.61 Å². The maximum absolute atomic E-state index is 12.5. The Morgan fingerprint density at radius 2 is 0.677 bits per heavy atom. The fourth-order valence-corrected chi connectivity index (χ4v) is 8.88. The van der Waals surface area contributed by atoms with Crippen molar-refractivity contribution < 1.29 is 15.0 Å². The van der Waals surface area contributed by atoms with E-state index in [1.807, 2.05) is 6.08 Å². The van der Waals surface area contributed by atoms with Crippen molar-refractivity contribution in [1.29, 1.82) is 0 Å². The highest BCUT2D eigenvalue weighted by molar-refractivity contribution is 5.76. The summed E-state index contributed by atoms with van der Waals surface area (Å²) in [6, 6.07) is -0.622. The number of amides is 1. The number of hydrogen-bond donors (Lipinski definition) is 3. The van der Waals surface area contributed by atoms with E-state index in [-0.39, 0.29) is 12.5 Å². The van der Waals surface area contributed by atoms with E-state index in [2.05, 4.69) is 67.8 Å². The van der Waals surface area contributed by atoms with Gasteiger partial charge in [0.1, 0.15) is 0 Å². The van der Waals surface area contributed by atoms with Crippen LogP contribution in [0, 0.1) is 0 Å². The Morgan fingerprint density at radius 1 is 0.385 bits per heavy atom. The first-order chi connectivity index (χ1) is 32.2. The van der Waals surface area contributed by atoms with Gasteiger partial charge in [0, 0.05) is 6.42 Å². The zero-order valence-corrected chi connectivity index (χ0v) is 43.8. The first kappa shape index (κ1) is 63.1. The summed E-state index contributed by atoms with van der Waals surface area (Å²) in [5.74, 6) is -0.0596. The van der Waals surface area contributed by atoms with Crippen LogP contribution in [0.15, 0.2) is 60.8 Å². The minimum atomic E-state index is -0.839. The molecule has 0 saturated carbocycles. The van der Waals surface area contributed by atoms with Crippen LogP contribution in [0.25, 0.3) is 0 Å². The van der Waals surface area contributed by atoms with E-state index < -0.39 is 12.1 Å². The molecule has 0 aliphatic carbocycles. The molecule has 0 saturated heterocycles. The van der Waals surface area contributed by atoms with Gasteiger partial charge in [0.25, 0.3) is 0 Å². The third-order valence-electron chi connectivity index (χ3n) is 13.3. The summed E-state index contributed by atoms with van der Waals surface area (Å²) >= 11 is 0. The van der Waals surface area contributed by atoms with E-state index in [1.165, 1.54) is 231 Å². The van der Waals surface area contributed by atoms with Crippen LogP contribution in [0.1, 0.15) is 303 Å². The van der Waals surface area contributed by atoms with Crippen molar-refractivity contribution in [3.8, 4) is 0 Å². The highest BCUT2D eigenvalue weighted by Gasteiger charge is 2.18. The molecule has 0 bridgehead atoms. The first-order valence-electron chi connectivity index (χ1n) is 29.0. The number of nitrogens with one attached hydrogen (secondary N) is 1. The first-order valence-corrected chi connectivity index (χ1v) is 29.0. The molecule has 0 heterocycles. The van der Waals surface area contributed by atoms with Crippen LogP contribution in [-0.4, -0.2) is 34.9 Å². The summed E-state index contributed by atoms with van der Waals surface area (Å²) in [6.07, 6.45) is 79.7. The number of unbranched alkanes of at least 4 members (excludes halogenated alkanes) is 38. The Balaban J connectivity index is 3.44. The molecular formula is C61H113NO3. The molecule has 0 rings (SSSR count). The van der Waals surface area contributed by atoms with Crippen LogP contribution in [0.3, 0.4) is 0 Å². The minimum Gasteiger partial charge on any atom is -0.394 e. The predicted molar refractivity (Wildman–Crippen MR) is 290 cm³/mol. The molecule has 0 fully saturated rings. The molecule has 0 aromatic heterocycles. The van der Waals surface area contributed by atoms with Crippen molar-refractivity contribution in [3.63, 3.8) is 0 Å². The van der Waals surface area contributed by atoms with Gasteiger partial charge in [-0.1, -0.05) is 299 Å². The SMILES string of the molecule is CC/C=C\C/C=C\C/C=C\C/C=C\CCCCCCCCCCCCCCCCCCCCCCCCC(=O)NC(CO)C(O)/C=C/CCCCCCCCCCCCCCCCCC. The average Bonchev–Trinajstić information content (AvgIpc) is 3.31. The van der Waals surface area contributed by atoms with E-state index in [0.717, 1.165) is 51.4 Å². The van der Waals surface area contributed by atoms with Gasteiger partial charge in [0.2, 0.25) is 5.91 Å². The van der Waals surface area contributed by atoms with Crippen molar-refractivity contribution >= 4 is 5.91 Å². The molecule has 0 aromatic carbocycles. The minimum absolute atomic E-state index is 0.0596. The molecule has 0 spiro atoms. The normalized spacial score (nSPS) is 13.2. The molecule has 4 nitrogen and oxygen atoms in total. The number of carbonyl (C=O) groups is 1. The lowest BCUT2D eigenvalue weighted by atomic mass is 10.0. The molecule has 0 aliphatic heterocycles. The van der Waals surface area contributed by atoms with E-state index in [1.54, 1.807) is 6.08 Å². The highest BCUT2D eigenvalue weighted by atomic mass is 16.3. The molecule has 0 aliphatic rings. The highest BCUT2D eigenvalue weighted by Crippen LogP contribution is 2.17. The Morgan fingerprint density at radius 3 is 1.02 bits per heavy atom. The standard InChI is InChI=1S/C61H113NO3/c1-3-5-7-9-11-13-15-17-19-21-23-24-25-26-27-28-29-30-31-32-33-34-35-36-37-38-39-41-43-45-47-49-51-53-55-57-61(65)62-59(58-63)60(64)56-54-52-50-48-46-44-42-40-22-20-18-16-14-12-10-8-6-4-2/h5,7,11,13,17,19,23-24,54,56,59-60,63-64H,3-4,6,8-10,12,14-16,18,20-22,25-53,55,57-58H2,1-2H3,(H,62,65)/b7-5-,13-11-,19-17-,24-23-,56-54+. The number of aliphatic hydroxyl groups excluding tert-OH is 2. The van der Waals surface area contributed by atoms with Crippen LogP contribution < -0.4 is 5.32 Å². The lowest BCUT2D eigenvalue weighted by Gasteiger charge is -2.20. The second-order valence-electron chi connectivity index (χ2n) is 19.7. The van der Waals surface area contributed by atoms with Gasteiger partial charge in [-0.2, -0.15) is 0 Å². The molecule has 65 heavy (non-hydrogen) atoms. The quantitative estimate of drug-likeness (QED) is 0.0421. The molecule has 3 N–H and O–H groups in total. The molecule has 4 heteroatoms. The Labute approximate surface area is 406 Å². The average molecular weight is 909 g/mol. The van der Waals surface area contributed by atoms with E-state index >= 15 is 0 Å². The summed E-state index contributed by atoms with van der Waals surface area (Å²) in [7, 11) is 0. The molecule has 2 unspecified atom stereocenters. The second-order valence-corrected chi connectivity index (χ2v) is 19.7.